The molecule has 0 aliphatic carbocycles. The summed E-state index contributed by atoms with van der Waals surface area (Å²) in [5.41, 5.74) is 5.68. The molecule has 1 atom stereocenters. The van der Waals surface area contributed by atoms with Gasteiger partial charge in [0.25, 0.3) is 0 Å². The van der Waals surface area contributed by atoms with Gasteiger partial charge in [0.1, 0.15) is 0 Å². The summed E-state index contributed by atoms with van der Waals surface area (Å²) in [6, 6.07) is 1.60. The first-order chi connectivity index (χ1) is 5.97. The summed E-state index contributed by atoms with van der Waals surface area (Å²) in [7, 11) is 0. The molecule has 1 aromatic heterocycles. The maximum absolute atomic E-state index is 13.2. The molecule has 1 aromatic rings. The minimum atomic E-state index is -1.07. The molecule has 0 aromatic carbocycles. The Hall–Kier alpha value is -1.00. The van der Waals surface area contributed by atoms with Crippen molar-refractivity contribution in [3.8, 4) is 0 Å². The van der Waals surface area contributed by atoms with E-state index in [9.17, 15) is 4.39 Å². The van der Waals surface area contributed by atoms with Crippen LogP contribution in [-0.4, -0.2) is 16.7 Å². The third-order valence-electron chi connectivity index (χ3n) is 1.92. The maximum Gasteiger partial charge on any atom is 0.217 e. The van der Waals surface area contributed by atoms with Crippen LogP contribution in [0.3, 0.4) is 0 Å². The third kappa shape index (κ3) is 2.02. The Morgan fingerprint density at radius 3 is 2.85 bits per heavy atom. The molecule has 13 heavy (non-hydrogen) atoms. The first-order valence-electron chi connectivity index (χ1n) is 4.00. The number of aromatic nitrogens is 1. The Balaban J connectivity index is 3.20. The Labute approximate surface area is 76.4 Å². The normalized spacial score (nSPS) is 15.5. The first-order valence-corrected chi connectivity index (χ1v) is 4.00. The average Bonchev–Trinajstić information content (AvgIpc) is 2.09. The van der Waals surface area contributed by atoms with Crippen molar-refractivity contribution in [1.29, 1.82) is 0 Å². The van der Waals surface area contributed by atoms with Crippen LogP contribution in [0.1, 0.15) is 18.1 Å². The average molecular weight is 184 g/mol. The minimum Gasteiger partial charge on any atom is -0.394 e. The fraction of sp³-hybridized carbons (Fsp3) is 0.444. The summed E-state index contributed by atoms with van der Waals surface area (Å²) in [5, 5.41) is 8.94. The summed E-state index contributed by atoms with van der Waals surface area (Å²) < 4.78 is 13.2. The first kappa shape index (κ1) is 10.1. The quantitative estimate of drug-likeness (QED) is 0.665. The van der Waals surface area contributed by atoms with Crippen molar-refractivity contribution in [2.45, 2.75) is 19.4 Å². The van der Waals surface area contributed by atoms with Crippen molar-refractivity contribution >= 4 is 0 Å². The zero-order valence-corrected chi connectivity index (χ0v) is 7.71. The lowest BCUT2D eigenvalue weighted by atomic mass is 9.94. The molecule has 3 N–H and O–H groups in total. The molecule has 0 aliphatic heterocycles. The van der Waals surface area contributed by atoms with Gasteiger partial charge in [-0.25, -0.2) is 4.98 Å². The van der Waals surface area contributed by atoms with Gasteiger partial charge in [0.15, 0.2) is 0 Å². The number of hydrogen-bond acceptors (Lipinski definition) is 3. The van der Waals surface area contributed by atoms with Crippen LogP contribution in [0.15, 0.2) is 12.3 Å². The predicted molar refractivity (Wildman–Crippen MR) is 47.6 cm³/mol. The number of nitrogens with two attached hydrogens (primary N) is 1. The smallest absolute Gasteiger partial charge is 0.217 e. The van der Waals surface area contributed by atoms with E-state index in [-0.39, 0.29) is 12.2 Å². The van der Waals surface area contributed by atoms with Crippen LogP contribution < -0.4 is 5.73 Å². The lowest BCUT2D eigenvalue weighted by Gasteiger charge is -2.22. The highest BCUT2D eigenvalue weighted by atomic mass is 19.1. The summed E-state index contributed by atoms with van der Waals surface area (Å²) in [6.45, 7) is 3.05. The van der Waals surface area contributed by atoms with Crippen molar-refractivity contribution in [3.63, 3.8) is 0 Å². The number of halogens is 1. The van der Waals surface area contributed by atoms with E-state index in [1.54, 1.807) is 19.9 Å². The monoisotopic (exact) mass is 184 g/mol. The summed E-state index contributed by atoms with van der Waals surface area (Å²) >= 11 is 0. The molecule has 0 amide bonds. The van der Waals surface area contributed by atoms with Crippen LogP contribution in [0.2, 0.25) is 0 Å². The van der Waals surface area contributed by atoms with E-state index in [1.165, 1.54) is 6.20 Å². The van der Waals surface area contributed by atoms with Crippen LogP contribution in [-0.2, 0) is 5.54 Å². The van der Waals surface area contributed by atoms with Gasteiger partial charge in [-0.2, -0.15) is 4.39 Å². The van der Waals surface area contributed by atoms with Gasteiger partial charge in [0, 0.05) is 11.8 Å². The Morgan fingerprint density at radius 1 is 1.69 bits per heavy atom. The molecular formula is C9H13FN2O. The maximum atomic E-state index is 13.2. The largest absolute Gasteiger partial charge is 0.394 e. The summed E-state index contributed by atoms with van der Waals surface area (Å²) in [6.07, 6.45) is 1.42. The van der Waals surface area contributed by atoms with Gasteiger partial charge < -0.3 is 10.8 Å². The molecule has 0 saturated carbocycles. The molecule has 3 nitrogen and oxygen atoms in total. The molecule has 4 heteroatoms. The van der Waals surface area contributed by atoms with Crippen molar-refractivity contribution < 1.29 is 9.50 Å². The highest BCUT2D eigenvalue weighted by Crippen LogP contribution is 2.19. The number of aryl methyl sites for hydroxylation is 1. The molecule has 1 rings (SSSR count). The minimum absolute atomic E-state index is 0.245. The van der Waals surface area contributed by atoms with Gasteiger partial charge in [0.2, 0.25) is 5.95 Å². The van der Waals surface area contributed by atoms with Gasteiger partial charge in [-0.05, 0) is 25.5 Å². The van der Waals surface area contributed by atoms with E-state index in [1.807, 2.05) is 0 Å². The number of pyridine rings is 1. The molecule has 0 spiro atoms. The van der Waals surface area contributed by atoms with Crippen LogP contribution in [0, 0.1) is 12.9 Å². The van der Waals surface area contributed by atoms with E-state index < -0.39 is 11.5 Å². The number of rotatable bonds is 2. The second-order valence-electron chi connectivity index (χ2n) is 3.43. The van der Waals surface area contributed by atoms with Gasteiger partial charge in [-0.15, -0.1) is 0 Å². The van der Waals surface area contributed by atoms with Crippen LogP contribution >= 0.6 is 0 Å². The number of nitrogens with zero attached hydrogens (tertiary/aromatic N) is 1. The van der Waals surface area contributed by atoms with Crippen molar-refractivity contribution in [3.05, 3.63) is 29.3 Å². The second kappa shape index (κ2) is 3.40. The van der Waals surface area contributed by atoms with Gasteiger partial charge in [-0.3, -0.25) is 0 Å². The lowest BCUT2D eigenvalue weighted by molar-refractivity contribution is 0.205. The zero-order chi connectivity index (χ0) is 10.1. The fourth-order valence-electron chi connectivity index (χ4n) is 1.04. The van der Waals surface area contributed by atoms with Gasteiger partial charge >= 0.3 is 0 Å². The molecule has 0 unspecified atom stereocenters. The van der Waals surface area contributed by atoms with E-state index in [2.05, 4.69) is 4.98 Å². The zero-order valence-electron chi connectivity index (χ0n) is 7.71. The number of aliphatic hydroxyl groups is 1. The fourth-order valence-corrected chi connectivity index (χ4v) is 1.04. The molecule has 0 aliphatic rings. The molecule has 0 fully saturated rings. The van der Waals surface area contributed by atoms with E-state index in [0.717, 1.165) is 5.56 Å². The molecular weight excluding hydrogens is 171 g/mol. The van der Waals surface area contributed by atoms with Crippen molar-refractivity contribution in [1.82, 2.24) is 4.98 Å². The Kier molecular flexibility index (Phi) is 2.63. The number of aliphatic hydroxyl groups excluding tert-OH is 1. The lowest BCUT2D eigenvalue weighted by Crippen LogP contribution is -2.38. The van der Waals surface area contributed by atoms with Crippen LogP contribution in [0.25, 0.3) is 0 Å². The molecule has 0 radical (unpaired) electrons. The highest BCUT2D eigenvalue weighted by Gasteiger charge is 2.24. The molecule has 1 heterocycles. The predicted octanol–water partition coefficient (Wildman–Crippen LogP) is 0.695. The second-order valence-corrected chi connectivity index (χ2v) is 3.43. The summed E-state index contributed by atoms with van der Waals surface area (Å²) in [4.78, 5) is 3.54. The van der Waals surface area contributed by atoms with E-state index in [0.29, 0.717) is 0 Å². The van der Waals surface area contributed by atoms with E-state index >= 15 is 0 Å². The van der Waals surface area contributed by atoms with Crippen molar-refractivity contribution in [2.75, 3.05) is 6.61 Å². The van der Waals surface area contributed by atoms with Gasteiger partial charge in [0.05, 0.1) is 12.1 Å². The molecule has 0 saturated heterocycles. The Bertz CT molecular complexity index is 312. The molecule has 72 valence electrons. The van der Waals surface area contributed by atoms with Crippen LogP contribution in [0.5, 0.6) is 0 Å². The van der Waals surface area contributed by atoms with E-state index in [4.69, 9.17) is 10.8 Å². The third-order valence-corrected chi connectivity index (χ3v) is 1.92. The molecule has 0 bridgehead atoms. The topological polar surface area (TPSA) is 59.1 Å². The standard InChI is InChI=1S/C9H13FN2O/c1-6-3-7(8(10)12-4-6)9(2,11)5-13/h3-4,13H,5,11H2,1-2H3/t9-/m1/s1. The highest BCUT2D eigenvalue weighted by molar-refractivity contribution is 5.25. The number of hydrogen-bond donors (Lipinski definition) is 2. The SMILES string of the molecule is Cc1cnc(F)c([C@](C)(N)CO)c1. The van der Waals surface area contributed by atoms with Crippen LogP contribution in [0.4, 0.5) is 4.39 Å². The van der Waals surface area contributed by atoms with Gasteiger partial charge in [-0.1, -0.05) is 0 Å². The summed E-state index contributed by atoms with van der Waals surface area (Å²) in [5.74, 6) is -0.621. The Morgan fingerprint density at radius 2 is 2.31 bits per heavy atom. The van der Waals surface area contributed by atoms with Crippen molar-refractivity contribution in [2.24, 2.45) is 5.73 Å².